The van der Waals surface area contributed by atoms with Crippen molar-refractivity contribution in [1.29, 1.82) is 0 Å². The lowest BCUT2D eigenvalue weighted by molar-refractivity contribution is -0.0507. The molecule has 0 aromatic heterocycles. The van der Waals surface area contributed by atoms with Gasteiger partial charge in [0.2, 0.25) is 0 Å². The summed E-state index contributed by atoms with van der Waals surface area (Å²) in [6.45, 7) is -1.10. The molecule has 0 aliphatic carbocycles. The number of nitrogens with two attached hydrogens (primary N) is 1. The van der Waals surface area contributed by atoms with Crippen molar-refractivity contribution >= 4 is 0 Å². The zero-order chi connectivity index (χ0) is 14.4. The number of ether oxygens (including phenoxy) is 2. The van der Waals surface area contributed by atoms with E-state index in [-0.39, 0.29) is 17.9 Å². The van der Waals surface area contributed by atoms with Gasteiger partial charge in [-0.05, 0) is 18.9 Å². The Kier molecular flexibility index (Phi) is 5.70. The molecule has 0 bridgehead atoms. The molecular formula is C14H20F2N2O2. The number of nitrogens with one attached hydrogen (secondary N) is 1. The summed E-state index contributed by atoms with van der Waals surface area (Å²) in [5.74, 6) is 0.165. The van der Waals surface area contributed by atoms with Crippen LogP contribution >= 0.6 is 0 Å². The fourth-order valence-electron chi connectivity index (χ4n) is 2.37. The minimum Gasteiger partial charge on any atom is -0.434 e. The third-order valence-electron chi connectivity index (χ3n) is 3.36. The van der Waals surface area contributed by atoms with Crippen LogP contribution in [0.25, 0.3) is 0 Å². The summed E-state index contributed by atoms with van der Waals surface area (Å²) in [6, 6.07) is 6.49. The zero-order valence-corrected chi connectivity index (χ0v) is 11.2. The maximum absolute atomic E-state index is 12.4. The molecule has 1 fully saturated rings. The lowest BCUT2D eigenvalue weighted by Gasteiger charge is -2.22. The molecule has 112 valence electrons. The quantitative estimate of drug-likeness (QED) is 0.805. The molecule has 20 heavy (non-hydrogen) atoms. The molecule has 1 aromatic rings. The SMILES string of the molecule is NCC(NCC1CCCO1)c1ccccc1OC(F)F. The van der Waals surface area contributed by atoms with E-state index >= 15 is 0 Å². The van der Waals surface area contributed by atoms with Crippen LogP contribution in [0, 0.1) is 0 Å². The van der Waals surface area contributed by atoms with Crippen LogP contribution in [0.15, 0.2) is 24.3 Å². The Morgan fingerprint density at radius 3 is 2.85 bits per heavy atom. The first-order valence-corrected chi connectivity index (χ1v) is 6.79. The topological polar surface area (TPSA) is 56.5 Å². The van der Waals surface area contributed by atoms with E-state index in [0.29, 0.717) is 18.7 Å². The number of halogens is 2. The monoisotopic (exact) mass is 286 g/mol. The summed E-state index contributed by atoms with van der Waals surface area (Å²) in [7, 11) is 0. The minimum absolute atomic E-state index is 0.165. The van der Waals surface area contributed by atoms with E-state index in [9.17, 15) is 8.78 Å². The second-order valence-electron chi connectivity index (χ2n) is 4.75. The molecule has 0 amide bonds. The van der Waals surface area contributed by atoms with Gasteiger partial charge in [-0.1, -0.05) is 18.2 Å². The van der Waals surface area contributed by atoms with E-state index in [1.165, 1.54) is 6.07 Å². The minimum atomic E-state index is -2.84. The van der Waals surface area contributed by atoms with E-state index in [0.717, 1.165) is 19.4 Å². The Bertz CT molecular complexity index is 412. The van der Waals surface area contributed by atoms with Crippen LogP contribution in [0.2, 0.25) is 0 Å². The number of alkyl halides is 2. The first kappa shape index (κ1) is 15.2. The van der Waals surface area contributed by atoms with Crippen LogP contribution in [0.1, 0.15) is 24.4 Å². The van der Waals surface area contributed by atoms with E-state index in [4.69, 9.17) is 10.5 Å². The third-order valence-corrected chi connectivity index (χ3v) is 3.36. The summed E-state index contributed by atoms with van der Waals surface area (Å²) in [4.78, 5) is 0. The van der Waals surface area contributed by atoms with Crippen LogP contribution in [-0.4, -0.2) is 32.4 Å². The molecule has 3 N–H and O–H groups in total. The maximum atomic E-state index is 12.4. The average Bonchev–Trinajstić information content (AvgIpc) is 2.94. The Morgan fingerprint density at radius 2 is 2.20 bits per heavy atom. The highest BCUT2D eigenvalue weighted by Crippen LogP contribution is 2.26. The smallest absolute Gasteiger partial charge is 0.387 e. The lowest BCUT2D eigenvalue weighted by atomic mass is 10.1. The first-order valence-electron chi connectivity index (χ1n) is 6.79. The average molecular weight is 286 g/mol. The molecule has 1 aliphatic heterocycles. The van der Waals surface area contributed by atoms with Gasteiger partial charge in [0.15, 0.2) is 0 Å². The summed E-state index contributed by atoms with van der Waals surface area (Å²) < 4.78 is 34.9. The number of hydrogen-bond acceptors (Lipinski definition) is 4. The fraction of sp³-hybridized carbons (Fsp3) is 0.571. The molecule has 2 atom stereocenters. The molecule has 4 nitrogen and oxygen atoms in total. The van der Waals surface area contributed by atoms with Crippen LogP contribution in [-0.2, 0) is 4.74 Å². The van der Waals surface area contributed by atoms with Crippen molar-refractivity contribution in [2.24, 2.45) is 5.73 Å². The zero-order valence-electron chi connectivity index (χ0n) is 11.2. The van der Waals surface area contributed by atoms with Gasteiger partial charge in [-0.3, -0.25) is 0 Å². The number of benzene rings is 1. The molecule has 0 saturated carbocycles. The molecular weight excluding hydrogens is 266 g/mol. The van der Waals surface area contributed by atoms with Crippen LogP contribution in [0.5, 0.6) is 5.75 Å². The standard InChI is InChI=1S/C14H20F2N2O2/c15-14(16)20-13-6-2-1-5-11(13)12(8-17)18-9-10-4-3-7-19-10/h1-2,5-6,10,12,14,18H,3-4,7-9,17H2. The largest absolute Gasteiger partial charge is 0.434 e. The van der Waals surface area contributed by atoms with Gasteiger partial charge in [-0.2, -0.15) is 8.78 Å². The number of hydrogen-bond donors (Lipinski definition) is 2. The maximum Gasteiger partial charge on any atom is 0.387 e. The predicted molar refractivity (Wildman–Crippen MR) is 71.8 cm³/mol. The summed E-state index contributed by atoms with van der Waals surface area (Å²) >= 11 is 0. The second-order valence-corrected chi connectivity index (χ2v) is 4.75. The highest BCUT2D eigenvalue weighted by molar-refractivity contribution is 5.36. The third kappa shape index (κ3) is 4.13. The normalized spacial score (nSPS) is 20.3. The number of para-hydroxylation sites is 1. The Hall–Kier alpha value is -1.24. The predicted octanol–water partition coefficient (Wildman–Crippen LogP) is 2.06. The van der Waals surface area contributed by atoms with E-state index in [2.05, 4.69) is 10.1 Å². The Labute approximate surface area is 117 Å². The summed E-state index contributed by atoms with van der Waals surface area (Å²) in [5, 5.41) is 3.27. The van der Waals surface area contributed by atoms with Gasteiger partial charge in [0.1, 0.15) is 5.75 Å². The van der Waals surface area contributed by atoms with Crippen molar-refractivity contribution in [3.63, 3.8) is 0 Å². The van der Waals surface area contributed by atoms with Crippen molar-refractivity contribution in [3.8, 4) is 5.75 Å². The van der Waals surface area contributed by atoms with Crippen LogP contribution in [0.4, 0.5) is 8.78 Å². The van der Waals surface area contributed by atoms with Gasteiger partial charge < -0.3 is 20.5 Å². The molecule has 1 aromatic carbocycles. The van der Waals surface area contributed by atoms with Crippen molar-refractivity contribution < 1.29 is 18.3 Å². The molecule has 2 rings (SSSR count). The molecule has 1 aliphatic rings. The van der Waals surface area contributed by atoms with E-state index in [1.807, 2.05) is 0 Å². The number of rotatable bonds is 7. The van der Waals surface area contributed by atoms with Crippen LogP contribution < -0.4 is 15.8 Å². The highest BCUT2D eigenvalue weighted by Gasteiger charge is 2.20. The van der Waals surface area contributed by atoms with Gasteiger partial charge in [0, 0.05) is 31.3 Å². The van der Waals surface area contributed by atoms with Crippen molar-refractivity contribution in [3.05, 3.63) is 29.8 Å². The van der Waals surface area contributed by atoms with E-state index < -0.39 is 6.61 Å². The molecule has 6 heteroatoms. The summed E-state index contributed by atoms with van der Waals surface area (Å²) in [6.07, 6.45) is 2.25. The van der Waals surface area contributed by atoms with Gasteiger partial charge in [-0.15, -0.1) is 0 Å². The molecule has 0 radical (unpaired) electrons. The Morgan fingerprint density at radius 1 is 1.40 bits per heavy atom. The summed E-state index contributed by atoms with van der Waals surface area (Å²) in [5.41, 5.74) is 6.39. The van der Waals surface area contributed by atoms with Crippen LogP contribution in [0.3, 0.4) is 0 Å². The lowest BCUT2D eigenvalue weighted by Crippen LogP contribution is -2.34. The molecule has 2 unspecified atom stereocenters. The van der Waals surface area contributed by atoms with Gasteiger partial charge in [0.25, 0.3) is 0 Å². The van der Waals surface area contributed by atoms with Gasteiger partial charge in [0.05, 0.1) is 6.10 Å². The fourth-order valence-corrected chi connectivity index (χ4v) is 2.37. The first-order chi connectivity index (χ1) is 9.70. The van der Waals surface area contributed by atoms with Crippen molar-refractivity contribution in [1.82, 2.24) is 5.32 Å². The second kappa shape index (κ2) is 7.52. The van der Waals surface area contributed by atoms with Gasteiger partial charge >= 0.3 is 6.61 Å². The van der Waals surface area contributed by atoms with Crippen molar-refractivity contribution in [2.45, 2.75) is 31.6 Å². The highest BCUT2D eigenvalue weighted by atomic mass is 19.3. The van der Waals surface area contributed by atoms with Crippen molar-refractivity contribution in [2.75, 3.05) is 19.7 Å². The van der Waals surface area contributed by atoms with E-state index in [1.54, 1.807) is 18.2 Å². The molecule has 1 heterocycles. The molecule has 1 saturated heterocycles. The molecule has 0 spiro atoms. The Balaban J connectivity index is 2.01. The van der Waals surface area contributed by atoms with Gasteiger partial charge in [-0.25, -0.2) is 0 Å².